The average Bonchev–Trinajstić information content (AvgIpc) is 2.60. The van der Waals surface area contributed by atoms with Crippen LogP contribution in [0.3, 0.4) is 0 Å². The number of benzene rings is 1. The van der Waals surface area contributed by atoms with E-state index in [0.717, 1.165) is 25.7 Å². The molecule has 1 saturated carbocycles. The fourth-order valence-corrected chi connectivity index (χ4v) is 2.89. The van der Waals surface area contributed by atoms with Gasteiger partial charge in [0.15, 0.2) is 17.5 Å². The van der Waals surface area contributed by atoms with Crippen molar-refractivity contribution in [3.8, 4) is 11.5 Å². The second kappa shape index (κ2) is 9.88. The number of rotatable bonds is 6. The van der Waals surface area contributed by atoms with E-state index in [0.29, 0.717) is 35.8 Å². The molecule has 0 spiro atoms. The minimum Gasteiger partial charge on any atom is -0.493 e. The van der Waals surface area contributed by atoms with E-state index in [2.05, 4.69) is 5.32 Å². The van der Waals surface area contributed by atoms with Gasteiger partial charge in [0.05, 0.1) is 13.0 Å². The Hall–Kier alpha value is -2.28. The molecule has 1 fully saturated rings. The van der Waals surface area contributed by atoms with Gasteiger partial charge < -0.3 is 20.5 Å². The van der Waals surface area contributed by atoms with E-state index in [1.807, 2.05) is 0 Å². The molecule has 0 unspecified atom stereocenters. The summed E-state index contributed by atoms with van der Waals surface area (Å²) in [6.07, 6.45) is 3.99. The number of carbonyl (C=O) groups is 2. The van der Waals surface area contributed by atoms with Gasteiger partial charge in [0, 0.05) is 12.1 Å². The molecule has 138 valence electrons. The molecule has 0 amide bonds. The zero-order valence-electron chi connectivity index (χ0n) is 14.1. The molecule has 4 N–H and O–H groups in total. The smallest absolute Gasteiger partial charge is 0.314 e. The third-order valence-corrected chi connectivity index (χ3v) is 4.30. The molecule has 1 aromatic carbocycles. The Morgan fingerprint density at radius 2 is 2.00 bits per heavy atom. The molecule has 1 aromatic rings. The van der Waals surface area contributed by atoms with E-state index in [1.54, 1.807) is 18.2 Å². The SMILES string of the molecule is COc1cc(C=O)ccc1OC(=O)[C@H]1CC[C@H](CNC(=N)N)CC1.Cl. The quantitative estimate of drug-likeness (QED) is 0.232. The number of aldehydes is 1. The topological polar surface area (TPSA) is 114 Å². The van der Waals surface area contributed by atoms with Crippen LogP contribution in [0.5, 0.6) is 11.5 Å². The minimum absolute atomic E-state index is 0. The maximum atomic E-state index is 12.3. The van der Waals surface area contributed by atoms with Gasteiger partial charge in [-0.2, -0.15) is 0 Å². The molecule has 7 nitrogen and oxygen atoms in total. The second-order valence-electron chi connectivity index (χ2n) is 5.96. The molecule has 0 radical (unpaired) electrons. The maximum absolute atomic E-state index is 12.3. The van der Waals surface area contributed by atoms with Crippen LogP contribution in [0.1, 0.15) is 36.0 Å². The summed E-state index contributed by atoms with van der Waals surface area (Å²) in [6.45, 7) is 0.665. The van der Waals surface area contributed by atoms with Gasteiger partial charge in [0.2, 0.25) is 0 Å². The third-order valence-electron chi connectivity index (χ3n) is 4.30. The zero-order valence-corrected chi connectivity index (χ0v) is 14.9. The summed E-state index contributed by atoms with van der Waals surface area (Å²) in [5, 5.41) is 10.00. The number of ether oxygens (including phenoxy) is 2. The Balaban J connectivity index is 0.00000312. The molecule has 1 aliphatic rings. The number of hydrogen-bond acceptors (Lipinski definition) is 5. The lowest BCUT2D eigenvalue weighted by molar-refractivity contribution is -0.140. The van der Waals surface area contributed by atoms with Gasteiger partial charge in [-0.1, -0.05) is 0 Å². The van der Waals surface area contributed by atoms with Crippen molar-refractivity contribution in [3.05, 3.63) is 23.8 Å². The van der Waals surface area contributed by atoms with Crippen molar-refractivity contribution >= 4 is 30.6 Å². The Morgan fingerprint density at radius 1 is 1.32 bits per heavy atom. The Morgan fingerprint density at radius 3 is 2.56 bits per heavy atom. The molecule has 0 bridgehead atoms. The molecule has 0 atom stereocenters. The molecule has 1 aliphatic carbocycles. The van der Waals surface area contributed by atoms with Crippen molar-refractivity contribution in [2.24, 2.45) is 17.6 Å². The van der Waals surface area contributed by atoms with Crippen LogP contribution in [0.25, 0.3) is 0 Å². The summed E-state index contributed by atoms with van der Waals surface area (Å²) in [5.74, 6) is 0.668. The lowest BCUT2D eigenvalue weighted by atomic mass is 9.82. The van der Waals surface area contributed by atoms with Crippen molar-refractivity contribution in [1.29, 1.82) is 5.41 Å². The number of esters is 1. The van der Waals surface area contributed by atoms with Gasteiger partial charge in [0.1, 0.15) is 6.29 Å². The Labute approximate surface area is 153 Å². The van der Waals surface area contributed by atoms with Crippen LogP contribution in [0.2, 0.25) is 0 Å². The van der Waals surface area contributed by atoms with E-state index in [-0.39, 0.29) is 30.3 Å². The van der Waals surface area contributed by atoms with Crippen molar-refractivity contribution < 1.29 is 19.1 Å². The van der Waals surface area contributed by atoms with E-state index < -0.39 is 0 Å². The van der Waals surface area contributed by atoms with Crippen molar-refractivity contribution in [3.63, 3.8) is 0 Å². The van der Waals surface area contributed by atoms with E-state index in [4.69, 9.17) is 20.6 Å². The van der Waals surface area contributed by atoms with Crippen LogP contribution in [0.4, 0.5) is 0 Å². The van der Waals surface area contributed by atoms with Gasteiger partial charge in [-0.25, -0.2) is 0 Å². The Kier molecular flexibility index (Phi) is 8.21. The maximum Gasteiger partial charge on any atom is 0.314 e. The number of carbonyl (C=O) groups excluding carboxylic acids is 2. The summed E-state index contributed by atoms with van der Waals surface area (Å²) in [5.41, 5.74) is 5.75. The van der Waals surface area contributed by atoms with Gasteiger partial charge in [0.25, 0.3) is 0 Å². The molecule has 0 heterocycles. The first-order chi connectivity index (χ1) is 11.5. The minimum atomic E-state index is -0.273. The number of nitrogens with two attached hydrogens (primary N) is 1. The third kappa shape index (κ3) is 5.94. The molecule has 8 heteroatoms. The number of methoxy groups -OCH3 is 1. The fourth-order valence-electron chi connectivity index (χ4n) is 2.89. The standard InChI is InChI=1S/C17H23N3O4.ClH/c1-23-15-8-12(10-21)4-7-14(15)24-16(22)13-5-2-11(3-6-13)9-20-17(18)19;/h4,7-8,10-11,13H,2-3,5-6,9H2,1H3,(H4,18,19,20);1H/t11-,13-;. The van der Waals surface area contributed by atoms with Crippen molar-refractivity contribution in [1.82, 2.24) is 5.32 Å². The predicted octanol–water partition coefficient (Wildman–Crippen LogP) is 2.12. The normalized spacial score (nSPS) is 19.2. The van der Waals surface area contributed by atoms with Crippen LogP contribution in [-0.2, 0) is 4.79 Å². The first-order valence-electron chi connectivity index (χ1n) is 7.96. The molecular formula is C17H24ClN3O4. The first-order valence-corrected chi connectivity index (χ1v) is 7.96. The number of halogens is 1. The van der Waals surface area contributed by atoms with E-state index in [9.17, 15) is 9.59 Å². The molecular weight excluding hydrogens is 346 g/mol. The first kappa shape index (κ1) is 20.8. The highest BCUT2D eigenvalue weighted by atomic mass is 35.5. The largest absolute Gasteiger partial charge is 0.493 e. The summed E-state index contributed by atoms with van der Waals surface area (Å²) >= 11 is 0. The van der Waals surface area contributed by atoms with E-state index >= 15 is 0 Å². The summed E-state index contributed by atoms with van der Waals surface area (Å²) in [4.78, 5) is 23.1. The van der Waals surface area contributed by atoms with Crippen LogP contribution in [0, 0.1) is 17.2 Å². The zero-order chi connectivity index (χ0) is 17.5. The van der Waals surface area contributed by atoms with Crippen molar-refractivity contribution in [2.45, 2.75) is 25.7 Å². The van der Waals surface area contributed by atoms with Gasteiger partial charge in [-0.05, 0) is 49.8 Å². The van der Waals surface area contributed by atoms with Gasteiger partial charge >= 0.3 is 5.97 Å². The van der Waals surface area contributed by atoms with Crippen molar-refractivity contribution in [2.75, 3.05) is 13.7 Å². The molecule has 0 aliphatic heterocycles. The highest BCUT2D eigenvalue weighted by Crippen LogP contribution is 2.32. The second-order valence-corrected chi connectivity index (χ2v) is 5.96. The molecule has 0 saturated heterocycles. The predicted molar refractivity (Wildman–Crippen MR) is 96.6 cm³/mol. The fraction of sp³-hybridized carbons (Fsp3) is 0.471. The van der Waals surface area contributed by atoms with Gasteiger partial charge in [-0.15, -0.1) is 12.4 Å². The lowest BCUT2D eigenvalue weighted by Crippen LogP contribution is -2.36. The summed E-state index contributed by atoms with van der Waals surface area (Å²) in [7, 11) is 1.47. The van der Waals surface area contributed by atoms with Crippen LogP contribution < -0.4 is 20.5 Å². The Bertz CT molecular complexity index is 616. The number of guanidine groups is 1. The highest BCUT2D eigenvalue weighted by molar-refractivity contribution is 5.85. The van der Waals surface area contributed by atoms with Crippen LogP contribution >= 0.6 is 12.4 Å². The monoisotopic (exact) mass is 369 g/mol. The summed E-state index contributed by atoms with van der Waals surface area (Å²) in [6, 6.07) is 4.70. The number of nitrogens with one attached hydrogen (secondary N) is 2. The molecule has 2 rings (SSSR count). The van der Waals surface area contributed by atoms with Crippen LogP contribution in [0.15, 0.2) is 18.2 Å². The summed E-state index contributed by atoms with van der Waals surface area (Å²) < 4.78 is 10.6. The van der Waals surface area contributed by atoms with Crippen LogP contribution in [-0.4, -0.2) is 31.9 Å². The average molecular weight is 370 g/mol. The van der Waals surface area contributed by atoms with Gasteiger partial charge in [-0.3, -0.25) is 15.0 Å². The number of hydrogen-bond donors (Lipinski definition) is 3. The highest BCUT2D eigenvalue weighted by Gasteiger charge is 2.28. The molecule has 25 heavy (non-hydrogen) atoms. The van der Waals surface area contributed by atoms with E-state index in [1.165, 1.54) is 7.11 Å². The lowest BCUT2D eigenvalue weighted by Gasteiger charge is -2.27. The molecule has 0 aromatic heterocycles.